The number of nitrogens with one attached hydrogen (secondary N) is 1. The van der Waals surface area contributed by atoms with Crippen molar-refractivity contribution in [2.75, 3.05) is 19.6 Å². The Hall–Kier alpha value is -2.15. The van der Waals surface area contributed by atoms with Crippen LogP contribution >= 0.6 is 0 Å². The van der Waals surface area contributed by atoms with Crippen molar-refractivity contribution in [2.45, 2.75) is 71.4 Å². The van der Waals surface area contributed by atoms with Crippen LogP contribution in [0.25, 0.3) is 5.65 Å². The quantitative estimate of drug-likeness (QED) is 0.858. The Kier molecular flexibility index (Phi) is 5.51. The first-order chi connectivity index (χ1) is 13.8. The number of fused-ring (bicyclic) bond motifs is 1. The van der Waals surface area contributed by atoms with Crippen molar-refractivity contribution in [2.24, 2.45) is 5.92 Å². The van der Waals surface area contributed by atoms with Crippen molar-refractivity contribution in [3.8, 4) is 0 Å². The summed E-state index contributed by atoms with van der Waals surface area (Å²) in [5.41, 5.74) is 2.42. The van der Waals surface area contributed by atoms with E-state index in [1.165, 1.54) is 4.52 Å². The van der Waals surface area contributed by atoms with Gasteiger partial charge in [0.15, 0.2) is 5.65 Å². The maximum Gasteiger partial charge on any atom is 0.272 e. The van der Waals surface area contributed by atoms with Crippen LogP contribution in [0, 0.1) is 5.92 Å². The highest BCUT2D eigenvalue weighted by Crippen LogP contribution is 2.33. The van der Waals surface area contributed by atoms with Gasteiger partial charge < -0.3 is 9.80 Å². The van der Waals surface area contributed by atoms with Crippen molar-refractivity contribution in [1.29, 1.82) is 0 Å². The second-order valence-electron chi connectivity index (χ2n) is 9.17. The summed E-state index contributed by atoms with van der Waals surface area (Å²) in [5, 5.41) is 3.22. The summed E-state index contributed by atoms with van der Waals surface area (Å²) in [6, 6.07) is 4.22. The zero-order chi connectivity index (χ0) is 20.7. The molecule has 2 aliphatic rings. The lowest BCUT2D eigenvalue weighted by Crippen LogP contribution is -2.38. The molecule has 2 aliphatic heterocycles. The van der Waals surface area contributed by atoms with Crippen molar-refractivity contribution in [3.63, 3.8) is 0 Å². The van der Waals surface area contributed by atoms with E-state index in [1.54, 1.807) is 6.07 Å². The molecule has 0 saturated carbocycles. The number of likely N-dealkylation sites (tertiary alicyclic amines) is 2. The molecule has 2 aromatic heterocycles. The fourth-order valence-corrected chi connectivity index (χ4v) is 4.81. The van der Waals surface area contributed by atoms with Crippen LogP contribution in [-0.2, 0) is 4.79 Å². The largest absolute Gasteiger partial charge is 0.334 e. The third-order valence-electron chi connectivity index (χ3n) is 6.56. The average molecular weight is 400 g/mol. The van der Waals surface area contributed by atoms with Crippen LogP contribution in [0.1, 0.15) is 76.7 Å². The molecule has 7 nitrogen and oxygen atoms in total. The van der Waals surface area contributed by atoms with Gasteiger partial charge in [0.1, 0.15) is 0 Å². The molecular weight excluding hydrogens is 366 g/mol. The lowest BCUT2D eigenvalue weighted by atomic mass is 9.92. The standard InChI is InChI=1S/C22H33N5O2/c1-14(2)22(29)26-9-5-6-19(26)18-12-20-23-17(13-21(28)27(20)24-18)16-7-10-25(11-8-16)15(3)4/h12-16,19,24H,5-11H2,1-4H3/t19-/m1/s1. The molecule has 29 heavy (non-hydrogen) atoms. The van der Waals surface area contributed by atoms with Gasteiger partial charge in [-0.15, -0.1) is 0 Å². The maximum atomic E-state index is 12.8. The second-order valence-corrected chi connectivity index (χ2v) is 9.17. The molecule has 2 saturated heterocycles. The van der Waals surface area contributed by atoms with E-state index >= 15 is 0 Å². The molecule has 1 amide bonds. The fraction of sp³-hybridized carbons (Fsp3) is 0.682. The smallest absolute Gasteiger partial charge is 0.272 e. The first-order valence-electron chi connectivity index (χ1n) is 11.0. The van der Waals surface area contributed by atoms with Crippen molar-refractivity contribution >= 4 is 11.6 Å². The number of amides is 1. The molecule has 158 valence electrons. The van der Waals surface area contributed by atoms with Crippen LogP contribution < -0.4 is 5.56 Å². The van der Waals surface area contributed by atoms with E-state index in [1.807, 2.05) is 24.8 Å². The summed E-state index contributed by atoms with van der Waals surface area (Å²) < 4.78 is 1.53. The minimum atomic E-state index is -0.0673. The van der Waals surface area contributed by atoms with E-state index in [0.717, 1.165) is 56.7 Å². The fourth-order valence-electron chi connectivity index (χ4n) is 4.81. The molecular formula is C22H33N5O2. The molecule has 2 aromatic rings. The van der Waals surface area contributed by atoms with E-state index in [0.29, 0.717) is 17.6 Å². The van der Waals surface area contributed by atoms with Gasteiger partial charge in [-0.3, -0.25) is 14.7 Å². The maximum absolute atomic E-state index is 12.8. The number of carbonyl (C=O) groups is 1. The van der Waals surface area contributed by atoms with E-state index < -0.39 is 0 Å². The van der Waals surface area contributed by atoms with Gasteiger partial charge >= 0.3 is 0 Å². The van der Waals surface area contributed by atoms with E-state index in [2.05, 4.69) is 23.8 Å². The first kappa shape index (κ1) is 20.1. The van der Waals surface area contributed by atoms with Gasteiger partial charge in [-0.2, -0.15) is 0 Å². The number of aromatic nitrogens is 3. The van der Waals surface area contributed by atoms with Crippen LogP contribution in [-0.4, -0.2) is 56.0 Å². The van der Waals surface area contributed by atoms with Gasteiger partial charge in [-0.1, -0.05) is 13.8 Å². The molecule has 0 unspecified atom stereocenters. The third kappa shape index (κ3) is 3.84. The number of aromatic amines is 1. The Bertz CT molecular complexity index is 936. The highest BCUT2D eigenvalue weighted by atomic mass is 16.2. The summed E-state index contributed by atoms with van der Waals surface area (Å²) in [5.74, 6) is 0.486. The average Bonchev–Trinajstić information content (AvgIpc) is 3.34. The van der Waals surface area contributed by atoms with Crippen molar-refractivity contribution in [3.05, 3.63) is 33.9 Å². The lowest BCUT2D eigenvalue weighted by molar-refractivity contribution is -0.135. The van der Waals surface area contributed by atoms with E-state index in [9.17, 15) is 9.59 Å². The number of carbonyl (C=O) groups excluding carboxylic acids is 1. The topological polar surface area (TPSA) is 73.7 Å². The highest BCUT2D eigenvalue weighted by molar-refractivity contribution is 5.78. The predicted octanol–water partition coefficient (Wildman–Crippen LogP) is 2.93. The van der Waals surface area contributed by atoms with Gasteiger partial charge in [-0.05, 0) is 52.6 Å². The number of nitrogens with zero attached hydrogens (tertiary/aromatic N) is 4. The van der Waals surface area contributed by atoms with Gasteiger partial charge in [0.05, 0.1) is 17.4 Å². The third-order valence-corrected chi connectivity index (χ3v) is 6.56. The van der Waals surface area contributed by atoms with Crippen LogP contribution in [0.3, 0.4) is 0 Å². The normalized spacial score (nSPS) is 21.7. The Labute approximate surface area is 172 Å². The first-order valence-corrected chi connectivity index (χ1v) is 11.0. The monoisotopic (exact) mass is 399 g/mol. The molecule has 2 fully saturated rings. The Morgan fingerprint density at radius 2 is 1.83 bits per heavy atom. The van der Waals surface area contributed by atoms with Gasteiger partial charge in [0.25, 0.3) is 5.56 Å². The van der Waals surface area contributed by atoms with Crippen LogP contribution in [0.4, 0.5) is 0 Å². The summed E-state index contributed by atoms with van der Waals surface area (Å²) in [6.07, 6.45) is 3.98. The summed E-state index contributed by atoms with van der Waals surface area (Å²) in [6.45, 7) is 11.2. The lowest BCUT2D eigenvalue weighted by Gasteiger charge is -2.34. The van der Waals surface area contributed by atoms with Crippen molar-refractivity contribution < 1.29 is 4.79 Å². The van der Waals surface area contributed by atoms with E-state index in [-0.39, 0.29) is 23.4 Å². The SMILES string of the molecule is CC(C)C(=O)N1CCC[C@@H]1c1cc2nc(C3CCN(C(C)C)CC3)cc(=O)n2[nH]1. The highest BCUT2D eigenvalue weighted by Gasteiger charge is 2.32. The zero-order valence-electron chi connectivity index (χ0n) is 18.0. The Morgan fingerprint density at radius 3 is 2.48 bits per heavy atom. The van der Waals surface area contributed by atoms with Gasteiger partial charge in [0.2, 0.25) is 5.91 Å². The van der Waals surface area contributed by atoms with Gasteiger partial charge in [-0.25, -0.2) is 9.50 Å². The number of rotatable bonds is 4. The molecule has 4 rings (SSSR count). The Morgan fingerprint density at radius 1 is 1.10 bits per heavy atom. The van der Waals surface area contributed by atoms with Crippen LogP contribution in [0.15, 0.2) is 16.9 Å². The summed E-state index contributed by atoms with van der Waals surface area (Å²) >= 11 is 0. The van der Waals surface area contributed by atoms with Crippen LogP contribution in [0.2, 0.25) is 0 Å². The molecule has 1 N–H and O–H groups in total. The minimum Gasteiger partial charge on any atom is -0.334 e. The second kappa shape index (κ2) is 7.94. The Balaban J connectivity index is 1.60. The molecule has 7 heteroatoms. The number of piperidine rings is 1. The minimum absolute atomic E-state index is 0.00345. The molecule has 0 aliphatic carbocycles. The molecule has 0 spiro atoms. The number of H-pyrrole nitrogens is 1. The summed E-state index contributed by atoms with van der Waals surface area (Å²) in [4.78, 5) is 34.6. The predicted molar refractivity (Wildman–Crippen MR) is 113 cm³/mol. The van der Waals surface area contributed by atoms with E-state index in [4.69, 9.17) is 4.98 Å². The van der Waals surface area contributed by atoms with Crippen LogP contribution in [0.5, 0.6) is 0 Å². The molecule has 4 heterocycles. The zero-order valence-corrected chi connectivity index (χ0v) is 18.0. The van der Waals surface area contributed by atoms with Gasteiger partial charge in [0, 0.05) is 36.6 Å². The molecule has 0 radical (unpaired) electrons. The molecule has 1 atom stereocenters. The number of hydrogen-bond acceptors (Lipinski definition) is 4. The van der Waals surface area contributed by atoms with Crippen molar-refractivity contribution in [1.82, 2.24) is 24.4 Å². The summed E-state index contributed by atoms with van der Waals surface area (Å²) in [7, 11) is 0. The number of hydrogen-bond donors (Lipinski definition) is 1. The molecule has 0 bridgehead atoms. The molecule has 0 aromatic carbocycles.